The monoisotopic (exact) mass is 504 g/mol. The van der Waals surface area contributed by atoms with Crippen molar-refractivity contribution in [3.05, 3.63) is 80.0 Å². The van der Waals surface area contributed by atoms with Crippen LogP contribution < -0.4 is 10.2 Å². The van der Waals surface area contributed by atoms with Gasteiger partial charge in [-0.1, -0.05) is 11.6 Å². The van der Waals surface area contributed by atoms with Crippen molar-refractivity contribution in [1.29, 1.82) is 0 Å². The van der Waals surface area contributed by atoms with Gasteiger partial charge < -0.3 is 19.7 Å². The van der Waals surface area contributed by atoms with Crippen LogP contribution in [0.4, 0.5) is 11.4 Å². The lowest BCUT2D eigenvalue weighted by atomic mass is 10.1. The second-order valence-corrected chi connectivity index (χ2v) is 9.09. The Morgan fingerprint density at radius 2 is 1.71 bits per heavy atom. The van der Waals surface area contributed by atoms with Crippen LogP contribution in [0, 0.1) is 10.1 Å². The first-order chi connectivity index (χ1) is 16.0. The highest BCUT2D eigenvalue weighted by Gasteiger charge is 2.22. The number of aromatic hydroxyl groups is 3. The predicted molar refractivity (Wildman–Crippen MR) is 122 cm³/mol. The Hall–Kier alpha value is -4.29. The van der Waals surface area contributed by atoms with Crippen molar-refractivity contribution in [2.75, 3.05) is 4.72 Å². The number of nitro groups is 1. The van der Waals surface area contributed by atoms with Crippen molar-refractivity contribution >= 4 is 44.0 Å². The topological polar surface area (TPSA) is 180 Å². The Morgan fingerprint density at radius 3 is 2.38 bits per heavy atom. The van der Waals surface area contributed by atoms with E-state index >= 15 is 0 Å². The zero-order valence-electron chi connectivity index (χ0n) is 16.7. The molecule has 13 heteroatoms. The van der Waals surface area contributed by atoms with E-state index in [1.807, 2.05) is 0 Å². The first kappa shape index (κ1) is 22.9. The molecule has 0 amide bonds. The van der Waals surface area contributed by atoms with Gasteiger partial charge in [0.2, 0.25) is 11.2 Å². The van der Waals surface area contributed by atoms with Crippen LogP contribution in [0.5, 0.6) is 17.2 Å². The second-order valence-electron chi connectivity index (χ2n) is 7.00. The number of nitrogens with zero attached hydrogens (tertiary/aromatic N) is 1. The molecule has 0 atom stereocenters. The normalized spacial score (nSPS) is 11.4. The SMILES string of the molecule is O=c1c(O)c(-c2ccc(O)c(O)c2)oc2ccc(NS(=O)(=O)c3ccc(Cl)c([N+](=O)[O-])c3)cc12. The average molecular weight is 505 g/mol. The Kier molecular flexibility index (Phi) is 5.55. The summed E-state index contributed by atoms with van der Waals surface area (Å²) < 4.78 is 33.2. The molecule has 0 aliphatic rings. The van der Waals surface area contributed by atoms with Crippen molar-refractivity contribution in [2.45, 2.75) is 4.90 Å². The molecule has 0 spiro atoms. The predicted octanol–water partition coefficient (Wildman–Crippen LogP) is 3.94. The van der Waals surface area contributed by atoms with Crippen LogP contribution in [-0.4, -0.2) is 28.7 Å². The highest BCUT2D eigenvalue weighted by atomic mass is 35.5. The van der Waals surface area contributed by atoms with Crippen LogP contribution in [-0.2, 0) is 10.0 Å². The summed E-state index contributed by atoms with van der Waals surface area (Å²) in [5, 5.41) is 40.1. The molecule has 0 saturated carbocycles. The van der Waals surface area contributed by atoms with E-state index in [-0.39, 0.29) is 33.0 Å². The summed E-state index contributed by atoms with van der Waals surface area (Å²) in [7, 11) is -4.30. The Labute approximate surface area is 195 Å². The number of fused-ring (bicyclic) bond motifs is 1. The number of nitrogens with one attached hydrogen (secondary N) is 1. The quantitative estimate of drug-likeness (QED) is 0.178. The number of anilines is 1. The Balaban J connectivity index is 1.75. The van der Waals surface area contributed by atoms with Crippen LogP contribution in [0.15, 0.2) is 68.7 Å². The van der Waals surface area contributed by atoms with Gasteiger partial charge in [0.05, 0.1) is 15.2 Å². The third-order valence-electron chi connectivity index (χ3n) is 4.78. The molecule has 1 aromatic heterocycles. The summed E-state index contributed by atoms with van der Waals surface area (Å²) in [5.74, 6) is -1.97. The van der Waals surface area contributed by atoms with Gasteiger partial charge in [-0.25, -0.2) is 8.42 Å². The molecule has 0 unspecified atom stereocenters. The zero-order valence-corrected chi connectivity index (χ0v) is 18.3. The van der Waals surface area contributed by atoms with E-state index in [1.165, 1.54) is 18.2 Å². The molecule has 0 fully saturated rings. The number of phenolic OH excluding ortho intramolecular Hbond substituents is 2. The van der Waals surface area contributed by atoms with Gasteiger partial charge in [-0.15, -0.1) is 0 Å². The summed E-state index contributed by atoms with van der Waals surface area (Å²) in [6.45, 7) is 0. The minimum Gasteiger partial charge on any atom is -0.504 e. The Bertz CT molecular complexity index is 1650. The molecule has 1 heterocycles. The maximum Gasteiger partial charge on any atom is 0.289 e. The summed E-state index contributed by atoms with van der Waals surface area (Å²) >= 11 is 5.72. The number of benzene rings is 3. The third kappa shape index (κ3) is 4.07. The van der Waals surface area contributed by atoms with Crippen LogP contribution in [0.3, 0.4) is 0 Å². The molecule has 0 saturated heterocycles. The van der Waals surface area contributed by atoms with Crippen molar-refractivity contribution < 1.29 is 33.1 Å². The molecule has 4 N–H and O–H groups in total. The van der Waals surface area contributed by atoms with Crippen LogP contribution in [0.25, 0.3) is 22.3 Å². The number of nitro benzene ring substituents is 1. The summed E-state index contributed by atoms with van der Waals surface area (Å²) in [6, 6.07) is 10.2. The number of phenols is 2. The first-order valence-electron chi connectivity index (χ1n) is 9.27. The number of rotatable bonds is 5. The summed E-state index contributed by atoms with van der Waals surface area (Å²) in [5.41, 5.74) is -1.45. The van der Waals surface area contributed by atoms with Gasteiger partial charge >= 0.3 is 0 Å². The fraction of sp³-hybridized carbons (Fsp3) is 0. The van der Waals surface area contributed by atoms with E-state index < -0.39 is 48.2 Å². The molecular formula is C21H13ClN2O9S. The lowest BCUT2D eigenvalue weighted by Crippen LogP contribution is -2.13. The fourth-order valence-electron chi connectivity index (χ4n) is 3.12. The van der Waals surface area contributed by atoms with Gasteiger partial charge in [0.25, 0.3) is 15.7 Å². The smallest absolute Gasteiger partial charge is 0.289 e. The Morgan fingerprint density at radius 1 is 0.971 bits per heavy atom. The van der Waals surface area contributed by atoms with Gasteiger partial charge in [0.15, 0.2) is 17.3 Å². The van der Waals surface area contributed by atoms with Gasteiger partial charge in [-0.3, -0.25) is 19.6 Å². The summed E-state index contributed by atoms with van der Waals surface area (Å²) in [4.78, 5) is 22.5. The standard InChI is InChI=1S/C21H13ClN2O9S/c22-14-4-3-12(9-15(14)24(29)30)34(31,32)23-11-2-6-18-13(8-11)19(27)20(28)21(33-18)10-1-5-16(25)17(26)7-10/h1-9,23,25-26,28H. The molecule has 34 heavy (non-hydrogen) atoms. The van der Waals surface area contributed by atoms with Gasteiger partial charge in [0.1, 0.15) is 10.6 Å². The number of halogens is 1. The van der Waals surface area contributed by atoms with Crippen molar-refractivity contribution in [2.24, 2.45) is 0 Å². The number of hydrogen-bond acceptors (Lipinski definition) is 9. The van der Waals surface area contributed by atoms with E-state index in [0.717, 1.165) is 36.4 Å². The first-order valence-corrected chi connectivity index (χ1v) is 11.1. The second kappa shape index (κ2) is 8.24. The van der Waals surface area contributed by atoms with Gasteiger partial charge in [-0.2, -0.15) is 0 Å². The molecule has 0 aliphatic heterocycles. The molecular weight excluding hydrogens is 492 g/mol. The van der Waals surface area contributed by atoms with E-state index in [9.17, 15) is 38.6 Å². The number of hydrogen-bond donors (Lipinski definition) is 4. The van der Waals surface area contributed by atoms with Crippen LogP contribution in [0.1, 0.15) is 0 Å². The lowest BCUT2D eigenvalue weighted by Gasteiger charge is -2.10. The minimum absolute atomic E-state index is 0.00422. The molecule has 0 aliphatic carbocycles. The third-order valence-corrected chi connectivity index (χ3v) is 6.48. The van der Waals surface area contributed by atoms with Crippen LogP contribution >= 0.6 is 11.6 Å². The highest BCUT2D eigenvalue weighted by molar-refractivity contribution is 7.92. The average Bonchev–Trinajstić information content (AvgIpc) is 2.78. The van der Waals surface area contributed by atoms with E-state index in [2.05, 4.69) is 4.72 Å². The van der Waals surface area contributed by atoms with Crippen molar-refractivity contribution in [3.8, 4) is 28.6 Å². The van der Waals surface area contributed by atoms with Crippen molar-refractivity contribution in [1.82, 2.24) is 0 Å². The fourth-order valence-corrected chi connectivity index (χ4v) is 4.38. The molecule has 3 aromatic carbocycles. The highest BCUT2D eigenvalue weighted by Crippen LogP contribution is 2.36. The van der Waals surface area contributed by atoms with Crippen molar-refractivity contribution in [3.63, 3.8) is 0 Å². The molecule has 0 bridgehead atoms. The van der Waals surface area contributed by atoms with E-state index in [4.69, 9.17) is 16.0 Å². The molecule has 4 aromatic rings. The van der Waals surface area contributed by atoms with Crippen LogP contribution in [0.2, 0.25) is 5.02 Å². The molecule has 0 radical (unpaired) electrons. The largest absolute Gasteiger partial charge is 0.504 e. The maximum atomic E-state index is 12.7. The zero-order chi connectivity index (χ0) is 24.8. The van der Waals surface area contributed by atoms with E-state index in [0.29, 0.717) is 0 Å². The summed E-state index contributed by atoms with van der Waals surface area (Å²) in [6.07, 6.45) is 0. The maximum absolute atomic E-state index is 12.7. The van der Waals surface area contributed by atoms with Gasteiger partial charge in [-0.05, 0) is 48.5 Å². The minimum atomic E-state index is -4.30. The molecule has 174 valence electrons. The van der Waals surface area contributed by atoms with Gasteiger partial charge in [0, 0.05) is 17.3 Å². The van der Waals surface area contributed by atoms with E-state index in [1.54, 1.807) is 0 Å². The molecule has 11 nitrogen and oxygen atoms in total. The molecule has 4 rings (SSSR count). The number of sulfonamides is 1. The lowest BCUT2D eigenvalue weighted by molar-refractivity contribution is -0.384.